The van der Waals surface area contributed by atoms with Crippen LogP contribution in [0.5, 0.6) is 0 Å². The van der Waals surface area contributed by atoms with Gasteiger partial charge in [-0.15, -0.1) is 0 Å². The largest absolute Gasteiger partial charge is 0.481 e. The Morgan fingerprint density at radius 3 is 2.73 bits per heavy atom. The van der Waals surface area contributed by atoms with Crippen molar-refractivity contribution in [2.45, 2.75) is 12.5 Å². The van der Waals surface area contributed by atoms with E-state index >= 15 is 0 Å². The number of likely N-dealkylation sites (tertiary alicyclic amines) is 1. The molecule has 0 unspecified atom stereocenters. The van der Waals surface area contributed by atoms with Crippen molar-refractivity contribution in [1.29, 1.82) is 0 Å². The van der Waals surface area contributed by atoms with Crippen LogP contribution in [0.15, 0.2) is 0 Å². The molecule has 0 saturated carbocycles. The van der Waals surface area contributed by atoms with E-state index < -0.39 is 18.0 Å². The average Bonchev–Trinajstić information content (AvgIpc) is 1.94. The number of hydrogen-bond donors (Lipinski definition) is 2. The number of aliphatic carboxylic acids is 1. The minimum absolute atomic E-state index is 0.455. The van der Waals surface area contributed by atoms with Gasteiger partial charge in [-0.05, 0) is 13.5 Å². The van der Waals surface area contributed by atoms with Crippen LogP contribution in [0, 0.1) is 5.92 Å². The number of carbonyl (C=O) groups is 1. The SMILES string of the molecule is CN1CC[C@H](O)[C@@H](C(=O)O)C1. The lowest BCUT2D eigenvalue weighted by molar-refractivity contribution is -0.148. The number of rotatable bonds is 1. The van der Waals surface area contributed by atoms with Gasteiger partial charge in [-0.2, -0.15) is 0 Å². The normalized spacial score (nSPS) is 33.6. The van der Waals surface area contributed by atoms with Crippen molar-refractivity contribution in [1.82, 2.24) is 4.90 Å². The van der Waals surface area contributed by atoms with Gasteiger partial charge in [-0.25, -0.2) is 0 Å². The molecule has 2 atom stereocenters. The molecule has 0 bridgehead atoms. The molecule has 1 aliphatic heterocycles. The van der Waals surface area contributed by atoms with Crippen LogP contribution in [0.4, 0.5) is 0 Å². The Morgan fingerprint density at radius 1 is 1.64 bits per heavy atom. The van der Waals surface area contributed by atoms with Crippen molar-refractivity contribution in [3.05, 3.63) is 0 Å². The molecule has 1 saturated heterocycles. The van der Waals surface area contributed by atoms with Gasteiger partial charge in [0.05, 0.1) is 12.0 Å². The summed E-state index contributed by atoms with van der Waals surface area (Å²) in [6.07, 6.45) is -0.100. The molecular weight excluding hydrogens is 146 g/mol. The van der Waals surface area contributed by atoms with E-state index in [1.54, 1.807) is 0 Å². The number of piperidine rings is 1. The van der Waals surface area contributed by atoms with Crippen LogP contribution in [-0.2, 0) is 4.79 Å². The summed E-state index contributed by atoms with van der Waals surface area (Å²) < 4.78 is 0. The summed E-state index contributed by atoms with van der Waals surface area (Å²) in [5.41, 5.74) is 0. The molecule has 4 heteroatoms. The first-order valence-corrected chi connectivity index (χ1v) is 3.70. The highest BCUT2D eigenvalue weighted by Gasteiger charge is 2.31. The van der Waals surface area contributed by atoms with Gasteiger partial charge in [0, 0.05) is 13.1 Å². The van der Waals surface area contributed by atoms with E-state index in [1.807, 2.05) is 11.9 Å². The van der Waals surface area contributed by atoms with Gasteiger partial charge in [-0.1, -0.05) is 0 Å². The molecule has 0 radical (unpaired) electrons. The summed E-state index contributed by atoms with van der Waals surface area (Å²) in [5.74, 6) is -1.50. The molecule has 1 fully saturated rings. The van der Waals surface area contributed by atoms with Crippen molar-refractivity contribution in [2.24, 2.45) is 5.92 Å². The summed E-state index contributed by atoms with van der Waals surface area (Å²) >= 11 is 0. The van der Waals surface area contributed by atoms with Crippen molar-refractivity contribution < 1.29 is 15.0 Å². The second-order valence-corrected chi connectivity index (χ2v) is 3.06. The Labute approximate surface area is 65.4 Å². The fraction of sp³-hybridized carbons (Fsp3) is 0.857. The highest BCUT2D eigenvalue weighted by molar-refractivity contribution is 5.71. The third kappa shape index (κ3) is 1.91. The lowest BCUT2D eigenvalue weighted by Crippen LogP contribution is -2.44. The van der Waals surface area contributed by atoms with Crippen molar-refractivity contribution in [2.75, 3.05) is 20.1 Å². The summed E-state index contributed by atoms with van der Waals surface area (Å²) in [6.45, 7) is 1.24. The highest BCUT2D eigenvalue weighted by atomic mass is 16.4. The Balaban J connectivity index is 2.54. The fourth-order valence-corrected chi connectivity index (χ4v) is 1.35. The number of carboxylic acids is 1. The predicted octanol–water partition coefficient (Wildman–Crippen LogP) is -0.616. The Bertz CT molecular complexity index is 160. The number of aliphatic hydroxyl groups excluding tert-OH is 1. The van der Waals surface area contributed by atoms with Crippen LogP contribution < -0.4 is 0 Å². The van der Waals surface area contributed by atoms with E-state index in [1.165, 1.54) is 0 Å². The summed E-state index contributed by atoms with van der Waals surface area (Å²) in [4.78, 5) is 12.4. The van der Waals surface area contributed by atoms with Gasteiger partial charge in [0.15, 0.2) is 0 Å². The second kappa shape index (κ2) is 3.19. The predicted molar refractivity (Wildman–Crippen MR) is 39.2 cm³/mol. The molecule has 0 aliphatic carbocycles. The van der Waals surface area contributed by atoms with Crippen molar-refractivity contribution >= 4 is 5.97 Å². The van der Waals surface area contributed by atoms with Crippen LogP contribution in [0.3, 0.4) is 0 Å². The molecule has 0 aromatic rings. The fourth-order valence-electron chi connectivity index (χ4n) is 1.35. The smallest absolute Gasteiger partial charge is 0.310 e. The lowest BCUT2D eigenvalue weighted by atomic mass is 9.95. The maximum absolute atomic E-state index is 10.5. The third-order valence-corrected chi connectivity index (χ3v) is 2.10. The van der Waals surface area contributed by atoms with Gasteiger partial charge in [0.1, 0.15) is 0 Å². The van der Waals surface area contributed by atoms with E-state index in [4.69, 9.17) is 5.11 Å². The van der Waals surface area contributed by atoms with Crippen LogP contribution in [0.25, 0.3) is 0 Å². The van der Waals surface area contributed by atoms with Gasteiger partial charge in [0.2, 0.25) is 0 Å². The average molecular weight is 159 g/mol. The molecule has 0 aromatic carbocycles. The standard InChI is InChI=1S/C7H13NO3/c1-8-3-2-6(9)5(4-8)7(10)11/h5-6,9H,2-4H2,1H3,(H,10,11)/t5-,6-/m0/s1. The second-order valence-electron chi connectivity index (χ2n) is 3.06. The topological polar surface area (TPSA) is 60.8 Å². The maximum atomic E-state index is 10.5. The van der Waals surface area contributed by atoms with Gasteiger partial charge in [0.25, 0.3) is 0 Å². The third-order valence-electron chi connectivity index (χ3n) is 2.10. The summed E-state index contributed by atoms with van der Waals surface area (Å²) in [7, 11) is 1.86. The Morgan fingerprint density at radius 2 is 2.27 bits per heavy atom. The van der Waals surface area contributed by atoms with Crippen LogP contribution >= 0.6 is 0 Å². The molecule has 11 heavy (non-hydrogen) atoms. The number of hydrogen-bond acceptors (Lipinski definition) is 3. The van der Waals surface area contributed by atoms with E-state index in [0.717, 1.165) is 6.54 Å². The molecule has 64 valence electrons. The first-order valence-electron chi connectivity index (χ1n) is 3.70. The van der Waals surface area contributed by atoms with Gasteiger partial charge < -0.3 is 15.1 Å². The lowest BCUT2D eigenvalue weighted by Gasteiger charge is -2.31. The number of nitrogens with zero attached hydrogens (tertiary/aromatic N) is 1. The van der Waals surface area contributed by atoms with Crippen molar-refractivity contribution in [3.8, 4) is 0 Å². The minimum Gasteiger partial charge on any atom is -0.481 e. The molecule has 0 amide bonds. The maximum Gasteiger partial charge on any atom is 0.310 e. The van der Waals surface area contributed by atoms with Crippen LogP contribution in [0.2, 0.25) is 0 Å². The number of aliphatic hydroxyl groups is 1. The van der Waals surface area contributed by atoms with E-state index in [9.17, 15) is 9.90 Å². The number of carboxylic acid groups (broad SMARTS) is 1. The zero-order valence-electron chi connectivity index (χ0n) is 6.53. The zero-order valence-corrected chi connectivity index (χ0v) is 6.53. The van der Waals surface area contributed by atoms with Gasteiger partial charge in [-0.3, -0.25) is 4.79 Å². The molecule has 0 spiro atoms. The Kier molecular flexibility index (Phi) is 2.46. The molecule has 0 aromatic heterocycles. The molecule has 1 rings (SSSR count). The van der Waals surface area contributed by atoms with Crippen LogP contribution in [-0.4, -0.2) is 47.3 Å². The Hall–Kier alpha value is -0.610. The molecule has 2 N–H and O–H groups in total. The van der Waals surface area contributed by atoms with E-state index in [2.05, 4.69) is 0 Å². The van der Waals surface area contributed by atoms with Crippen molar-refractivity contribution in [3.63, 3.8) is 0 Å². The minimum atomic E-state index is -0.899. The van der Waals surface area contributed by atoms with E-state index in [-0.39, 0.29) is 0 Å². The zero-order chi connectivity index (χ0) is 8.43. The molecule has 4 nitrogen and oxygen atoms in total. The first-order chi connectivity index (χ1) is 5.11. The van der Waals surface area contributed by atoms with Gasteiger partial charge >= 0.3 is 5.97 Å². The van der Waals surface area contributed by atoms with Crippen LogP contribution in [0.1, 0.15) is 6.42 Å². The molecule has 1 aliphatic rings. The molecule has 1 heterocycles. The summed E-state index contributed by atoms with van der Waals surface area (Å²) in [6, 6.07) is 0. The quantitative estimate of drug-likeness (QED) is 0.535. The first kappa shape index (κ1) is 8.49. The monoisotopic (exact) mass is 159 g/mol. The van der Waals surface area contributed by atoms with E-state index in [0.29, 0.717) is 13.0 Å². The highest BCUT2D eigenvalue weighted by Crippen LogP contribution is 2.15. The summed E-state index contributed by atoms with van der Waals surface area (Å²) in [5, 5.41) is 17.9. The molecular formula is C7H13NO3.